The van der Waals surface area contributed by atoms with Gasteiger partial charge in [-0.3, -0.25) is 0 Å². The van der Waals surface area contributed by atoms with E-state index in [1.807, 2.05) is 30.3 Å². The van der Waals surface area contributed by atoms with Crippen LogP contribution in [0.25, 0.3) is 0 Å². The first-order valence-electron chi connectivity index (χ1n) is 4.96. The van der Waals surface area contributed by atoms with E-state index in [1.165, 1.54) is 0 Å². The molecule has 2 nitrogen and oxygen atoms in total. The van der Waals surface area contributed by atoms with Gasteiger partial charge in [-0.15, -0.1) is 11.3 Å². The second kappa shape index (κ2) is 5.52. The maximum atomic E-state index is 6.24. The molecule has 5 heteroatoms. The summed E-state index contributed by atoms with van der Waals surface area (Å²) in [7, 11) is 1.66. The van der Waals surface area contributed by atoms with Crippen molar-refractivity contribution in [1.29, 1.82) is 0 Å². The molecule has 1 heterocycles. The summed E-state index contributed by atoms with van der Waals surface area (Å²) in [6, 6.07) is 9.75. The summed E-state index contributed by atoms with van der Waals surface area (Å²) in [5, 5.41) is 0. The fourth-order valence-electron chi connectivity index (χ4n) is 1.52. The molecule has 0 aliphatic rings. The molecule has 1 atom stereocenters. The number of benzene rings is 1. The van der Waals surface area contributed by atoms with Crippen LogP contribution in [0.3, 0.4) is 0 Å². The Morgan fingerprint density at radius 3 is 2.65 bits per heavy atom. The van der Waals surface area contributed by atoms with Crippen molar-refractivity contribution in [3.8, 4) is 5.75 Å². The number of hydrogen-bond acceptors (Lipinski definition) is 3. The molecule has 0 bridgehead atoms. The fourth-order valence-corrected chi connectivity index (χ4v) is 3.64. The highest BCUT2D eigenvalue weighted by molar-refractivity contribution is 9.13. The SMILES string of the molecule is COc1cccc(C(N)c2cc(Br)c(Br)s2)c1. The number of nitrogens with two attached hydrogens (primary N) is 1. The summed E-state index contributed by atoms with van der Waals surface area (Å²) < 4.78 is 7.30. The Labute approximate surface area is 121 Å². The number of methoxy groups -OCH3 is 1. The quantitative estimate of drug-likeness (QED) is 0.865. The second-order valence-electron chi connectivity index (χ2n) is 3.52. The first kappa shape index (κ1) is 13.1. The number of thiophene rings is 1. The second-order valence-corrected chi connectivity index (χ2v) is 6.78. The van der Waals surface area contributed by atoms with Crippen molar-refractivity contribution >= 4 is 43.2 Å². The average Bonchev–Trinajstić information content (AvgIpc) is 2.69. The molecular weight excluding hydrogens is 366 g/mol. The average molecular weight is 377 g/mol. The number of hydrogen-bond donors (Lipinski definition) is 1. The van der Waals surface area contributed by atoms with Crippen molar-refractivity contribution in [3.63, 3.8) is 0 Å². The molecule has 1 aromatic heterocycles. The molecule has 2 N–H and O–H groups in total. The van der Waals surface area contributed by atoms with Gasteiger partial charge in [-0.25, -0.2) is 0 Å². The summed E-state index contributed by atoms with van der Waals surface area (Å²) in [6.07, 6.45) is 0. The molecule has 90 valence electrons. The first-order chi connectivity index (χ1) is 8.11. The standard InChI is InChI=1S/C12H11Br2NOS/c1-16-8-4-2-3-7(5-8)11(15)10-6-9(13)12(14)17-10/h2-6,11H,15H2,1H3. The predicted molar refractivity (Wildman–Crippen MR) is 78.7 cm³/mol. The zero-order valence-corrected chi connectivity index (χ0v) is 13.1. The molecule has 17 heavy (non-hydrogen) atoms. The molecule has 2 rings (SSSR count). The van der Waals surface area contributed by atoms with Crippen molar-refractivity contribution in [3.05, 3.63) is 49.0 Å². The predicted octanol–water partition coefficient (Wildman–Crippen LogP) is 4.33. The van der Waals surface area contributed by atoms with E-state index in [0.29, 0.717) is 0 Å². The van der Waals surface area contributed by atoms with Gasteiger partial charge in [-0.05, 0) is 55.6 Å². The summed E-state index contributed by atoms with van der Waals surface area (Å²) in [5.74, 6) is 0.827. The van der Waals surface area contributed by atoms with E-state index in [4.69, 9.17) is 10.5 Å². The van der Waals surface area contributed by atoms with Gasteiger partial charge < -0.3 is 10.5 Å². The lowest BCUT2D eigenvalue weighted by Gasteiger charge is -2.11. The van der Waals surface area contributed by atoms with Gasteiger partial charge >= 0.3 is 0 Å². The van der Waals surface area contributed by atoms with E-state index in [1.54, 1.807) is 18.4 Å². The highest BCUT2D eigenvalue weighted by Crippen LogP contribution is 2.37. The Hall–Kier alpha value is -0.360. The van der Waals surface area contributed by atoms with Crippen molar-refractivity contribution in [2.75, 3.05) is 7.11 Å². The van der Waals surface area contributed by atoms with Crippen molar-refractivity contribution in [2.45, 2.75) is 6.04 Å². The fraction of sp³-hybridized carbons (Fsp3) is 0.167. The number of rotatable bonds is 3. The maximum absolute atomic E-state index is 6.24. The third-order valence-electron chi connectivity index (χ3n) is 2.42. The molecule has 0 saturated heterocycles. The van der Waals surface area contributed by atoms with E-state index < -0.39 is 0 Å². The van der Waals surface area contributed by atoms with Crippen molar-refractivity contribution in [1.82, 2.24) is 0 Å². The Bertz CT molecular complexity index is 507. The van der Waals surface area contributed by atoms with Crippen LogP contribution in [0.1, 0.15) is 16.5 Å². The first-order valence-corrected chi connectivity index (χ1v) is 7.36. The zero-order chi connectivity index (χ0) is 12.4. The molecule has 0 fully saturated rings. The van der Waals surface area contributed by atoms with Gasteiger partial charge in [0.2, 0.25) is 0 Å². The minimum atomic E-state index is -0.127. The molecule has 2 aromatic rings. The van der Waals surface area contributed by atoms with Gasteiger partial charge in [0.05, 0.1) is 16.9 Å². The molecule has 1 unspecified atom stereocenters. The monoisotopic (exact) mass is 375 g/mol. The molecular formula is C12H11Br2NOS. The smallest absolute Gasteiger partial charge is 0.119 e. The van der Waals surface area contributed by atoms with Crippen LogP contribution >= 0.6 is 43.2 Å². The van der Waals surface area contributed by atoms with Gasteiger partial charge in [-0.2, -0.15) is 0 Å². The highest BCUT2D eigenvalue weighted by Gasteiger charge is 2.14. The zero-order valence-electron chi connectivity index (χ0n) is 9.11. The number of ether oxygens (including phenoxy) is 1. The van der Waals surface area contributed by atoms with E-state index >= 15 is 0 Å². The van der Waals surface area contributed by atoms with Crippen LogP contribution in [0.2, 0.25) is 0 Å². The minimum Gasteiger partial charge on any atom is -0.497 e. The largest absolute Gasteiger partial charge is 0.497 e. The van der Waals surface area contributed by atoms with Gasteiger partial charge in [0.25, 0.3) is 0 Å². The topological polar surface area (TPSA) is 35.2 Å². The van der Waals surface area contributed by atoms with Crippen LogP contribution in [-0.4, -0.2) is 7.11 Å². The molecule has 0 aliphatic carbocycles. The Morgan fingerprint density at radius 2 is 2.06 bits per heavy atom. The van der Waals surface area contributed by atoms with Gasteiger partial charge in [0.15, 0.2) is 0 Å². The normalized spacial score (nSPS) is 12.5. The van der Waals surface area contributed by atoms with Crippen LogP contribution in [-0.2, 0) is 0 Å². The molecule has 0 radical (unpaired) electrons. The Kier molecular flexibility index (Phi) is 4.25. The number of halogens is 2. The molecule has 0 spiro atoms. The Morgan fingerprint density at radius 1 is 1.29 bits per heavy atom. The van der Waals surface area contributed by atoms with Crippen LogP contribution in [0.4, 0.5) is 0 Å². The summed E-state index contributed by atoms with van der Waals surface area (Å²) >= 11 is 8.58. The van der Waals surface area contributed by atoms with Gasteiger partial charge in [-0.1, -0.05) is 12.1 Å². The van der Waals surface area contributed by atoms with Crippen LogP contribution < -0.4 is 10.5 Å². The summed E-state index contributed by atoms with van der Waals surface area (Å²) in [5.41, 5.74) is 7.28. The van der Waals surface area contributed by atoms with Crippen LogP contribution in [0.15, 0.2) is 38.6 Å². The lowest BCUT2D eigenvalue weighted by molar-refractivity contribution is 0.414. The van der Waals surface area contributed by atoms with Gasteiger partial charge in [0.1, 0.15) is 5.75 Å². The summed E-state index contributed by atoms with van der Waals surface area (Å²) in [6.45, 7) is 0. The Balaban J connectivity index is 2.32. The van der Waals surface area contributed by atoms with E-state index in [2.05, 4.69) is 31.9 Å². The lowest BCUT2D eigenvalue weighted by Crippen LogP contribution is -2.10. The van der Waals surface area contributed by atoms with Crippen LogP contribution in [0.5, 0.6) is 5.75 Å². The van der Waals surface area contributed by atoms with E-state index in [-0.39, 0.29) is 6.04 Å². The van der Waals surface area contributed by atoms with Crippen molar-refractivity contribution in [2.24, 2.45) is 5.73 Å². The molecule has 1 aromatic carbocycles. The highest BCUT2D eigenvalue weighted by atomic mass is 79.9. The summed E-state index contributed by atoms with van der Waals surface area (Å²) in [4.78, 5) is 1.11. The molecule has 0 amide bonds. The van der Waals surface area contributed by atoms with Gasteiger partial charge in [0, 0.05) is 9.35 Å². The molecule has 0 aliphatic heterocycles. The van der Waals surface area contributed by atoms with Crippen molar-refractivity contribution < 1.29 is 4.74 Å². The minimum absolute atomic E-state index is 0.127. The molecule has 0 saturated carbocycles. The van der Waals surface area contributed by atoms with Crippen LogP contribution in [0, 0.1) is 0 Å². The third-order valence-corrected chi connectivity index (χ3v) is 5.76. The lowest BCUT2D eigenvalue weighted by atomic mass is 10.1. The van der Waals surface area contributed by atoms with E-state index in [0.717, 1.165) is 24.4 Å². The van der Waals surface area contributed by atoms with E-state index in [9.17, 15) is 0 Å². The third kappa shape index (κ3) is 2.91. The maximum Gasteiger partial charge on any atom is 0.119 e.